The number of aromatic nitrogens is 5. The van der Waals surface area contributed by atoms with Crippen molar-refractivity contribution >= 4 is 11.8 Å². The fraction of sp³-hybridized carbons (Fsp3) is 0.100. The van der Waals surface area contributed by atoms with Crippen molar-refractivity contribution in [2.45, 2.75) is 16.4 Å². The molecule has 0 bridgehead atoms. The maximum absolute atomic E-state index is 12.7. The van der Waals surface area contributed by atoms with Crippen LogP contribution in [0.1, 0.15) is 5.69 Å². The Kier molecular flexibility index (Phi) is 5.40. The number of halogens is 3. The van der Waals surface area contributed by atoms with Crippen LogP contribution in [0.5, 0.6) is 5.75 Å². The molecule has 0 amide bonds. The smallest absolute Gasteiger partial charge is 0.435 e. The maximum atomic E-state index is 12.7. The van der Waals surface area contributed by atoms with Crippen LogP contribution in [0.3, 0.4) is 0 Å². The van der Waals surface area contributed by atoms with Crippen molar-refractivity contribution in [2.75, 3.05) is 7.11 Å². The van der Waals surface area contributed by atoms with E-state index < -0.39 is 11.9 Å². The molecular formula is C20H14F3N5OS. The highest BCUT2D eigenvalue weighted by atomic mass is 32.2. The number of rotatable bonds is 5. The van der Waals surface area contributed by atoms with Crippen molar-refractivity contribution in [3.8, 4) is 22.8 Å². The minimum Gasteiger partial charge on any atom is -0.497 e. The van der Waals surface area contributed by atoms with Gasteiger partial charge in [-0.3, -0.25) is 4.57 Å². The van der Waals surface area contributed by atoms with Crippen molar-refractivity contribution in [3.05, 3.63) is 72.4 Å². The number of nitrogens with zero attached hydrogens (tertiary/aromatic N) is 5. The molecule has 0 fully saturated rings. The lowest BCUT2D eigenvalue weighted by molar-refractivity contribution is -0.141. The number of benzene rings is 2. The van der Waals surface area contributed by atoms with Gasteiger partial charge in [-0.15, -0.1) is 20.4 Å². The third-order valence-electron chi connectivity index (χ3n) is 4.12. The third-order valence-corrected chi connectivity index (χ3v) is 5.00. The Bertz CT molecular complexity index is 1130. The summed E-state index contributed by atoms with van der Waals surface area (Å²) in [5, 5.41) is 16.2. The van der Waals surface area contributed by atoms with Gasteiger partial charge in [-0.05, 0) is 48.2 Å². The molecule has 2 heterocycles. The molecule has 10 heteroatoms. The molecule has 4 aromatic rings. The van der Waals surface area contributed by atoms with Gasteiger partial charge < -0.3 is 4.74 Å². The summed E-state index contributed by atoms with van der Waals surface area (Å²) < 4.78 is 45.2. The lowest BCUT2D eigenvalue weighted by atomic mass is 10.2. The van der Waals surface area contributed by atoms with Gasteiger partial charge in [0.1, 0.15) is 10.8 Å². The SMILES string of the molecule is COc1ccc(-n2c(Sc3ccc(C(F)(F)F)nn3)nnc2-c2ccccc2)cc1. The average molecular weight is 429 g/mol. The predicted octanol–water partition coefficient (Wildman–Crippen LogP) is 4.90. The van der Waals surface area contributed by atoms with Gasteiger partial charge in [0.25, 0.3) is 0 Å². The van der Waals surface area contributed by atoms with Crippen LogP contribution in [0.25, 0.3) is 17.1 Å². The molecule has 2 aromatic heterocycles. The summed E-state index contributed by atoms with van der Waals surface area (Å²) in [7, 11) is 1.58. The summed E-state index contributed by atoms with van der Waals surface area (Å²) in [5.41, 5.74) is 0.557. The summed E-state index contributed by atoms with van der Waals surface area (Å²) in [6, 6.07) is 18.9. The molecule has 0 radical (unpaired) electrons. The first-order valence-electron chi connectivity index (χ1n) is 8.70. The lowest BCUT2D eigenvalue weighted by Gasteiger charge is -2.11. The van der Waals surface area contributed by atoms with Gasteiger partial charge >= 0.3 is 6.18 Å². The second kappa shape index (κ2) is 8.15. The van der Waals surface area contributed by atoms with Gasteiger partial charge in [0.2, 0.25) is 5.16 Å². The Hall–Kier alpha value is -3.40. The summed E-state index contributed by atoms with van der Waals surface area (Å²) in [6.07, 6.45) is -4.54. The van der Waals surface area contributed by atoms with E-state index >= 15 is 0 Å². The topological polar surface area (TPSA) is 65.7 Å². The number of hydrogen-bond donors (Lipinski definition) is 0. The Morgan fingerprint density at radius 1 is 0.833 bits per heavy atom. The Morgan fingerprint density at radius 2 is 1.57 bits per heavy atom. The molecule has 4 rings (SSSR count). The quantitative estimate of drug-likeness (QED) is 0.450. The Labute approximate surface area is 173 Å². The third kappa shape index (κ3) is 4.13. The van der Waals surface area contributed by atoms with Crippen LogP contribution in [-0.2, 0) is 6.18 Å². The van der Waals surface area contributed by atoms with E-state index in [1.807, 2.05) is 42.5 Å². The molecule has 30 heavy (non-hydrogen) atoms. The molecule has 0 saturated heterocycles. The molecule has 0 unspecified atom stereocenters. The lowest BCUT2D eigenvalue weighted by Crippen LogP contribution is -2.08. The fourth-order valence-electron chi connectivity index (χ4n) is 2.69. The molecule has 0 aliphatic carbocycles. The van der Waals surface area contributed by atoms with Crippen LogP contribution in [0.15, 0.2) is 76.9 Å². The molecule has 0 saturated carbocycles. The van der Waals surface area contributed by atoms with Gasteiger partial charge in [0.05, 0.1) is 12.8 Å². The largest absolute Gasteiger partial charge is 0.497 e. The number of methoxy groups -OCH3 is 1. The van der Waals surface area contributed by atoms with Crippen molar-refractivity contribution in [1.82, 2.24) is 25.0 Å². The number of hydrogen-bond acceptors (Lipinski definition) is 6. The van der Waals surface area contributed by atoms with Gasteiger partial charge in [-0.1, -0.05) is 30.3 Å². The first-order chi connectivity index (χ1) is 14.5. The molecule has 0 aliphatic heterocycles. The molecule has 152 valence electrons. The van der Waals surface area contributed by atoms with E-state index in [0.29, 0.717) is 16.7 Å². The Balaban J connectivity index is 1.75. The second-order valence-corrected chi connectivity index (χ2v) is 7.05. The van der Waals surface area contributed by atoms with E-state index in [4.69, 9.17) is 4.74 Å². The van der Waals surface area contributed by atoms with Crippen LogP contribution >= 0.6 is 11.8 Å². The molecule has 0 spiro atoms. The fourth-order valence-corrected chi connectivity index (χ4v) is 3.46. The van der Waals surface area contributed by atoms with Crippen LogP contribution in [-0.4, -0.2) is 32.1 Å². The van der Waals surface area contributed by atoms with E-state index in [0.717, 1.165) is 29.1 Å². The first kappa shape index (κ1) is 19.9. The summed E-state index contributed by atoms with van der Waals surface area (Å²) in [4.78, 5) is 0. The van der Waals surface area contributed by atoms with Crippen LogP contribution in [0.2, 0.25) is 0 Å². The normalized spacial score (nSPS) is 11.5. The second-order valence-electron chi connectivity index (χ2n) is 6.06. The monoisotopic (exact) mass is 429 g/mol. The minimum atomic E-state index is -4.54. The first-order valence-corrected chi connectivity index (χ1v) is 9.51. The molecule has 0 aliphatic rings. The van der Waals surface area contributed by atoms with E-state index in [-0.39, 0.29) is 5.03 Å². The summed E-state index contributed by atoms with van der Waals surface area (Å²) >= 11 is 1.07. The summed E-state index contributed by atoms with van der Waals surface area (Å²) in [6.45, 7) is 0. The van der Waals surface area contributed by atoms with Crippen LogP contribution in [0.4, 0.5) is 13.2 Å². The predicted molar refractivity (Wildman–Crippen MR) is 105 cm³/mol. The molecule has 6 nitrogen and oxygen atoms in total. The highest BCUT2D eigenvalue weighted by molar-refractivity contribution is 7.99. The number of ether oxygens (including phenoxy) is 1. The van der Waals surface area contributed by atoms with Crippen molar-refractivity contribution in [1.29, 1.82) is 0 Å². The highest BCUT2D eigenvalue weighted by Gasteiger charge is 2.33. The average Bonchev–Trinajstić information content (AvgIpc) is 3.17. The van der Waals surface area contributed by atoms with Crippen molar-refractivity contribution in [2.24, 2.45) is 0 Å². The highest BCUT2D eigenvalue weighted by Crippen LogP contribution is 2.33. The maximum Gasteiger partial charge on any atom is 0.435 e. The number of alkyl halides is 3. The standard InChI is InChI=1S/C20H14F3N5OS/c1-29-15-9-7-14(8-10-15)28-18(13-5-3-2-4-6-13)26-27-19(28)30-17-12-11-16(24-25-17)20(21,22)23/h2-12H,1H3. The molecule has 2 aromatic carbocycles. The van der Waals surface area contributed by atoms with E-state index in [9.17, 15) is 13.2 Å². The zero-order valence-electron chi connectivity index (χ0n) is 15.5. The van der Waals surface area contributed by atoms with Crippen LogP contribution < -0.4 is 4.74 Å². The minimum absolute atomic E-state index is 0.268. The van der Waals surface area contributed by atoms with E-state index in [1.54, 1.807) is 23.8 Å². The van der Waals surface area contributed by atoms with Gasteiger partial charge in [-0.25, -0.2) is 0 Å². The molecule has 0 atom stereocenters. The molecule has 0 N–H and O–H groups in total. The van der Waals surface area contributed by atoms with E-state index in [2.05, 4.69) is 20.4 Å². The zero-order chi connectivity index (χ0) is 21.1. The summed E-state index contributed by atoms with van der Waals surface area (Å²) in [5.74, 6) is 1.28. The zero-order valence-corrected chi connectivity index (χ0v) is 16.4. The van der Waals surface area contributed by atoms with Crippen LogP contribution in [0, 0.1) is 0 Å². The molecular weight excluding hydrogens is 415 g/mol. The Morgan fingerprint density at radius 3 is 2.17 bits per heavy atom. The van der Waals surface area contributed by atoms with Gasteiger partial charge in [0.15, 0.2) is 11.5 Å². The van der Waals surface area contributed by atoms with Crippen molar-refractivity contribution in [3.63, 3.8) is 0 Å². The van der Waals surface area contributed by atoms with Gasteiger partial charge in [-0.2, -0.15) is 13.2 Å². The van der Waals surface area contributed by atoms with Crippen molar-refractivity contribution < 1.29 is 17.9 Å². The van der Waals surface area contributed by atoms with Gasteiger partial charge in [0, 0.05) is 5.56 Å². The van der Waals surface area contributed by atoms with E-state index in [1.165, 1.54) is 6.07 Å².